The van der Waals surface area contributed by atoms with Crippen LogP contribution in [0, 0.1) is 13.8 Å². The summed E-state index contributed by atoms with van der Waals surface area (Å²) in [7, 11) is 0. The number of aromatic carboxylic acids is 1. The first kappa shape index (κ1) is 14.0. The van der Waals surface area contributed by atoms with Crippen molar-refractivity contribution in [3.8, 4) is 0 Å². The highest BCUT2D eigenvalue weighted by Gasteiger charge is 2.15. The number of benzene rings is 1. The van der Waals surface area contributed by atoms with Gasteiger partial charge in [-0.1, -0.05) is 13.0 Å². The van der Waals surface area contributed by atoms with Crippen molar-refractivity contribution in [2.24, 2.45) is 0 Å². The molecule has 0 aliphatic carbocycles. The lowest BCUT2D eigenvalue weighted by Crippen LogP contribution is -2.30. The standard InChI is InChI=1S/C13H18N2O3/c1-4-5-14-13(18)15-11-9(3)6-8(2)7-10(11)12(16)17/h6-7H,4-5H2,1-3H3,(H,16,17)(H2,14,15,18). The van der Waals surface area contributed by atoms with Gasteiger partial charge in [0.2, 0.25) is 0 Å². The first-order chi connectivity index (χ1) is 8.45. The third-order valence-electron chi connectivity index (χ3n) is 2.48. The molecule has 0 bridgehead atoms. The Bertz CT molecular complexity index is 470. The number of aryl methyl sites for hydroxylation is 2. The summed E-state index contributed by atoms with van der Waals surface area (Å²) < 4.78 is 0. The molecule has 0 aliphatic rings. The van der Waals surface area contributed by atoms with Gasteiger partial charge in [-0.3, -0.25) is 0 Å². The largest absolute Gasteiger partial charge is 0.478 e. The van der Waals surface area contributed by atoms with E-state index in [4.69, 9.17) is 5.11 Å². The van der Waals surface area contributed by atoms with Crippen LogP contribution >= 0.6 is 0 Å². The monoisotopic (exact) mass is 250 g/mol. The number of carbonyl (C=O) groups excluding carboxylic acids is 1. The predicted molar refractivity (Wildman–Crippen MR) is 70.2 cm³/mol. The maximum atomic E-state index is 11.6. The Morgan fingerprint density at radius 3 is 2.50 bits per heavy atom. The molecule has 2 amide bonds. The number of rotatable bonds is 4. The Kier molecular flexibility index (Phi) is 4.71. The molecule has 1 rings (SSSR count). The fourth-order valence-electron chi connectivity index (χ4n) is 1.70. The molecule has 18 heavy (non-hydrogen) atoms. The molecule has 0 saturated heterocycles. The Morgan fingerprint density at radius 2 is 1.94 bits per heavy atom. The van der Waals surface area contributed by atoms with E-state index in [9.17, 15) is 9.59 Å². The molecular formula is C13H18N2O3. The van der Waals surface area contributed by atoms with Crippen LogP contribution in [0.15, 0.2) is 12.1 Å². The van der Waals surface area contributed by atoms with Gasteiger partial charge in [0.25, 0.3) is 0 Å². The maximum Gasteiger partial charge on any atom is 0.337 e. The summed E-state index contributed by atoms with van der Waals surface area (Å²) in [5, 5.41) is 14.4. The van der Waals surface area contributed by atoms with Gasteiger partial charge in [0.1, 0.15) is 0 Å². The molecule has 1 aromatic carbocycles. The van der Waals surface area contributed by atoms with Crippen LogP contribution in [-0.4, -0.2) is 23.7 Å². The zero-order chi connectivity index (χ0) is 13.7. The SMILES string of the molecule is CCCNC(=O)Nc1c(C)cc(C)cc1C(=O)O. The van der Waals surface area contributed by atoms with E-state index < -0.39 is 5.97 Å². The molecule has 5 heteroatoms. The van der Waals surface area contributed by atoms with Gasteiger partial charge in [-0.05, 0) is 37.5 Å². The highest BCUT2D eigenvalue weighted by molar-refractivity contribution is 6.01. The van der Waals surface area contributed by atoms with Gasteiger partial charge in [-0.15, -0.1) is 0 Å². The molecule has 0 saturated carbocycles. The minimum Gasteiger partial charge on any atom is -0.478 e. The van der Waals surface area contributed by atoms with E-state index >= 15 is 0 Å². The summed E-state index contributed by atoms with van der Waals surface area (Å²) in [6.45, 7) is 6.09. The zero-order valence-corrected chi connectivity index (χ0v) is 10.8. The number of carbonyl (C=O) groups is 2. The van der Waals surface area contributed by atoms with Crippen molar-refractivity contribution in [3.63, 3.8) is 0 Å². The van der Waals surface area contributed by atoms with Crippen molar-refractivity contribution in [1.82, 2.24) is 5.32 Å². The second kappa shape index (κ2) is 6.05. The normalized spacial score (nSPS) is 9.94. The smallest absolute Gasteiger partial charge is 0.337 e. The third-order valence-corrected chi connectivity index (χ3v) is 2.48. The number of hydrogen-bond donors (Lipinski definition) is 3. The molecule has 0 radical (unpaired) electrons. The molecule has 0 fully saturated rings. The average Bonchev–Trinajstić information content (AvgIpc) is 2.29. The molecule has 0 unspecified atom stereocenters. The fraction of sp³-hybridized carbons (Fsp3) is 0.385. The average molecular weight is 250 g/mol. The van der Waals surface area contributed by atoms with Gasteiger partial charge in [0.15, 0.2) is 0 Å². The molecule has 0 aliphatic heterocycles. The number of hydrogen-bond acceptors (Lipinski definition) is 2. The number of carboxylic acid groups (broad SMARTS) is 1. The third kappa shape index (κ3) is 3.48. The van der Waals surface area contributed by atoms with Crippen LogP contribution in [0.3, 0.4) is 0 Å². The summed E-state index contributed by atoms with van der Waals surface area (Å²) in [4.78, 5) is 22.7. The van der Waals surface area contributed by atoms with Gasteiger partial charge in [0, 0.05) is 6.54 Å². The fourth-order valence-corrected chi connectivity index (χ4v) is 1.70. The molecule has 0 aromatic heterocycles. The van der Waals surface area contributed by atoms with Crippen LogP contribution in [0.25, 0.3) is 0 Å². The second-order valence-electron chi connectivity index (χ2n) is 4.19. The van der Waals surface area contributed by atoms with E-state index in [2.05, 4.69) is 10.6 Å². The van der Waals surface area contributed by atoms with Crippen LogP contribution in [0.1, 0.15) is 34.8 Å². The lowest BCUT2D eigenvalue weighted by atomic mass is 10.0. The maximum absolute atomic E-state index is 11.6. The Hall–Kier alpha value is -2.04. The van der Waals surface area contributed by atoms with Crippen LogP contribution in [0.4, 0.5) is 10.5 Å². The van der Waals surface area contributed by atoms with Crippen molar-refractivity contribution in [2.75, 3.05) is 11.9 Å². The van der Waals surface area contributed by atoms with Crippen molar-refractivity contribution in [2.45, 2.75) is 27.2 Å². The van der Waals surface area contributed by atoms with E-state index in [1.54, 1.807) is 13.0 Å². The Morgan fingerprint density at radius 1 is 1.28 bits per heavy atom. The summed E-state index contributed by atoms with van der Waals surface area (Å²) in [5.74, 6) is -1.05. The minimum atomic E-state index is -1.05. The molecule has 1 aromatic rings. The summed E-state index contributed by atoms with van der Waals surface area (Å²) in [6, 6.07) is 3.00. The van der Waals surface area contributed by atoms with E-state index in [1.807, 2.05) is 19.9 Å². The lowest BCUT2D eigenvalue weighted by Gasteiger charge is -2.13. The van der Waals surface area contributed by atoms with Crippen molar-refractivity contribution in [3.05, 3.63) is 28.8 Å². The predicted octanol–water partition coefficient (Wildman–Crippen LogP) is 2.53. The van der Waals surface area contributed by atoms with Gasteiger partial charge in [-0.25, -0.2) is 9.59 Å². The molecule has 3 N–H and O–H groups in total. The van der Waals surface area contributed by atoms with Crippen molar-refractivity contribution < 1.29 is 14.7 Å². The van der Waals surface area contributed by atoms with Gasteiger partial charge < -0.3 is 15.7 Å². The molecule has 98 valence electrons. The summed E-state index contributed by atoms with van der Waals surface area (Å²) >= 11 is 0. The molecule has 0 spiro atoms. The van der Waals surface area contributed by atoms with E-state index in [-0.39, 0.29) is 11.6 Å². The quantitative estimate of drug-likeness (QED) is 0.768. The first-order valence-electron chi connectivity index (χ1n) is 5.85. The minimum absolute atomic E-state index is 0.110. The number of nitrogens with one attached hydrogen (secondary N) is 2. The Labute approximate surface area is 106 Å². The van der Waals surface area contributed by atoms with E-state index in [0.717, 1.165) is 17.5 Å². The van der Waals surface area contributed by atoms with Crippen LogP contribution < -0.4 is 10.6 Å². The number of amides is 2. The molecular weight excluding hydrogens is 232 g/mol. The highest BCUT2D eigenvalue weighted by Crippen LogP contribution is 2.22. The van der Waals surface area contributed by atoms with E-state index in [1.165, 1.54) is 0 Å². The van der Waals surface area contributed by atoms with Crippen molar-refractivity contribution in [1.29, 1.82) is 0 Å². The molecule has 5 nitrogen and oxygen atoms in total. The zero-order valence-electron chi connectivity index (χ0n) is 10.8. The van der Waals surface area contributed by atoms with Crippen LogP contribution in [0.5, 0.6) is 0 Å². The number of carboxylic acids is 1. The lowest BCUT2D eigenvalue weighted by molar-refractivity contribution is 0.0698. The second-order valence-corrected chi connectivity index (χ2v) is 4.19. The van der Waals surface area contributed by atoms with Crippen molar-refractivity contribution >= 4 is 17.7 Å². The van der Waals surface area contributed by atoms with Crippen LogP contribution in [-0.2, 0) is 0 Å². The van der Waals surface area contributed by atoms with Gasteiger partial charge >= 0.3 is 12.0 Å². The molecule has 0 heterocycles. The first-order valence-corrected chi connectivity index (χ1v) is 5.85. The van der Waals surface area contributed by atoms with Gasteiger partial charge in [-0.2, -0.15) is 0 Å². The van der Waals surface area contributed by atoms with Crippen LogP contribution in [0.2, 0.25) is 0 Å². The Balaban J connectivity index is 3.00. The topological polar surface area (TPSA) is 78.4 Å². The summed E-state index contributed by atoms with van der Waals surface area (Å²) in [5.41, 5.74) is 2.05. The molecule has 0 atom stereocenters. The number of anilines is 1. The summed E-state index contributed by atoms with van der Waals surface area (Å²) in [6.07, 6.45) is 0.825. The number of urea groups is 1. The van der Waals surface area contributed by atoms with Gasteiger partial charge in [0.05, 0.1) is 11.3 Å². The van der Waals surface area contributed by atoms with E-state index in [0.29, 0.717) is 12.2 Å². The highest BCUT2D eigenvalue weighted by atomic mass is 16.4.